The molecule has 1 atom stereocenters. The first-order valence-electron chi connectivity index (χ1n) is 9.83. The second kappa shape index (κ2) is 8.83. The van der Waals surface area contributed by atoms with Gasteiger partial charge in [-0.2, -0.15) is 4.99 Å². The van der Waals surface area contributed by atoms with Crippen molar-refractivity contribution in [3.63, 3.8) is 0 Å². The van der Waals surface area contributed by atoms with Gasteiger partial charge >= 0.3 is 0 Å². The Hall–Kier alpha value is -3.26. The number of para-hydroxylation sites is 1. The van der Waals surface area contributed by atoms with Crippen molar-refractivity contribution in [3.8, 4) is 5.75 Å². The van der Waals surface area contributed by atoms with E-state index in [1.54, 1.807) is 0 Å². The first-order chi connectivity index (χ1) is 14.2. The first-order valence-corrected chi connectivity index (χ1v) is 9.83. The van der Waals surface area contributed by atoms with Crippen LogP contribution in [0, 0.1) is 0 Å². The molecule has 1 saturated heterocycles. The average molecular weight is 394 g/mol. The zero-order chi connectivity index (χ0) is 20.1. The minimum absolute atomic E-state index is 0.252. The summed E-state index contributed by atoms with van der Waals surface area (Å²) in [6.45, 7) is 5.44. The molecule has 0 aromatic heterocycles. The van der Waals surface area contributed by atoms with E-state index in [9.17, 15) is 0 Å². The van der Waals surface area contributed by atoms with Gasteiger partial charge in [0.1, 0.15) is 5.75 Å². The third-order valence-electron chi connectivity index (χ3n) is 4.72. The number of anilines is 2. The molecule has 8 nitrogen and oxygen atoms in total. The molecule has 0 bridgehead atoms. The van der Waals surface area contributed by atoms with Gasteiger partial charge in [0, 0.05) is 24.5 Å². The quantitative estimate of drug-likeness (QED) is 0.809. The normalized spacial score (nSPS) is 19.4. The van der Waals surface area contributed by atoms with Crippen LogP contribution in [0.3, 0.4) is 0 Å². The molecule has 2 aromatic rings. The predicted octanol–water partition coefficient (Wildman–Crippen LogP) is 2.30. The van der Waals surface area contributed by atoms with Gasteiger partial charge < -0.3 is 25.4 Å². The Labute approximate surface area is 170 Å². The number of morpholine rings is 1. The lowest BCUT2D eigenvalue weighted by molar-refractivity contribution is 0.0671. The lowest BCUT2D eigenvalue weighted by Gasteiger charge is -2.41. The van der Waals surface area contributed by atoms with E-state index in [-0.39, 0.29) is 5.96 Å². The molecule has 2 aromatic carbocycles. The van der Waals surface area contributed by atoms with Gasteiger partial charge in [0.2, 0.25) is 18.2 Å². The van der Waals surface area contributed by atoms with Crippen molar-refractivity contribution < 1.29 is 9.47 Å². The standard InChI is InChI=1S/C21H26N6O2/c1-2-29-18-10-8-16(9-11-18)23-20-24-19(22)25-21(26-12-14-28-15-13-26)27(20)17-6-4-3-5-7-17/h3-11,20,23H,2,12-15H2,1H3,(H2,22,24). The Bertz CT molecular complexity index is 862. The summed E-state index contributed by atoms with van der Waals surface area (Å²) >= 11 is 0. The van der Waals surface area contributed by atoms with E-state index in [0.29, 0.717) is 19.8 Å². The number of rotatable bonds is 5. The van der Waals surface area contributed by atoms with E-state index < -0.39 is 6.29 Å². The van der Waals surface area contributed by atoms with Crippen LogP contribution in [0.1, 0.15) is 6.92 Å². The maximum Gasteiger partial charge on any atom is 0.222 e. The SMILES string of the molecule is CCOc1ccc(NC2N=C(N)N=C(N3CCOCC3)N2c2ccccc2)cc1. The summed E-state index contributed by atoms with van der Waals surface area (Å²) < 4.78 is 11.0. The third-order valence-corrected chi connectivity index (χ3v) is 4.72. The molecular weight excluding hydrogens is 368 g/mol. The number of nitrogens with one attached hydrogen (secondary N) is 1. The molecule has 0 aliphatic carbocycles. The fourth-order valence-electron chi connectivity index (χ4n) is 3.37. The molecule has 2 aliphatic rings. The molecule has 0 amide bonds. The molecular formula is C21H26N6O2. The highest BCUT2D eigenvalue weighted by Gasteiger charge is 2.31. The molecule has 0 saturated carbocycles. The van der Waals surface area contributed by atoms with Crippen molar-refractivity contribution in [3.05, 3.63) is 54.6 Å². The molecule has 0 spiro atoms. The summed E-state index contributed by atoms with van der Waals surface area (Å²) in [7, 11) is 0. The number of hydrogen-bond donors (Lipinski definition) is 2. The average Bonchev–Trinajstić information content (AvgIpc) is 2.76. The van der Waals surface area contributed by atoms with Gasteiger partial charge in [0.25, 0.3) is 0 Å². The Balaban J connectivity index is 1.64. The van der Waals surface area contributed by atoms with Crippen LogP contribution in [0.2, 0.25) is 0 Å². The summed E-state index contributed by atoms with van der Waals surface area (Å²) in [6.07, 6.45) is -0.425. The minimum atomic E-state index is -0.425. The second-order valence-electron chi connectivity index (χ2n) is 6.68. The minimum Gasteiger partial charge on any atom is -0.494 e. The number of aliphatic imine (C=N–C) groups is 2. The molecule has 2 aliphatic heterocycles. The van der Waals surface area contributed by atoms with Gasteiger partial charge in [-0.3, -0.25) is 4.90 Å². The van der Waals surface area contributed by atoms with Crippen molar-refractivity contribution in [2.45, 2.75) is 13.2 Å². The number of ether oxygens (including phenoxy) is 2. The van der Waals surface area contributed by atoms with Crippen molar-refractivity contribution in [1.29, 1.82) is 0 Å². The van der Waals surface area contributed by atoms with E-state index in [0.717, 1.165) is 36.2 Å². The molecule has 8 heteroatoms. The highest BCUT2D eigenvalue weighted by atomic mass is 16.5. The third kappa shape index (κ3) is 4.43. The molecule has 1 fully saturated rings. The lowest BCUT2D eigenvalue weighted by atomic mass is 10.2. The number of benzene rings is 2. The van der Waals surface area contributed by atoms with Crippen LogP contribution in [-0.2, 0) is 4.74 Å². The largest absolute Gasteiger partial charge is 0.494 e. The second-order valence-corrected chi connectivity index (χ2v) is 6.68. The van der Waals surface area contributed by atoms with E-state index in [2.05, 4.69) is 25.1 Å². The van der Waals surface area contributed by atoms with Crippen LogP contribution < -0.4 is 20.7 Å². The zero-order valence-corrected chi connectivity index (χ0v) is 16.5. The summed E-state index contributed by atoms with van der Waals surface area (Å²) in [5, 5.41) is 3.46. The highest BCUT2D eigenvalue weighted by Crippen LogP contribution is 2.25. The van der Waals surface area contributed by atoms with Gasteiger partial charge in [-0.15, -0.1) is 0 Å². The van der Waals surface area contributed by atoms with Crippen molar-refractivity contribution in [1.82, 2.24) is 4.90 Å². The van der Waals surface area contributed by atoms with Crippen molar-refractivity contribution >= 4 is 23.3 Å². The summed E-state index contributed by atoms with van der Waals surface area (Å²) in [5.41, 5.74) is 8.00. The number of guanidine groups is 2. The molecule has 4 rings (SSSR count). The van der Waals surface area contributed by atoms with Gasteiger partial charge in [0.05, 0.1) is 19.8 Å². The Morgan fingerprint density at radius 3 is 2.52 bits per heavy atom. The number of nitrogens with two attached hydrogens (primary N) is 1. The molecule has 3 N–H and O–H groups in total. The lowest BCUT2D eigenvalue weighted by Crippen LogP contribution is -2.57. The van der Waals surface area contributed by atoms with Gasteiger partial charge in [-0.1, -0.05) is 18.2 Å². The van der Waals surface area contributed by atoms with E-state index >= 15 is 0 Å². The smallest absolute Gasteiger partial charge is 0.222 e. The number of hydrogen-bond acceptors (Lipinski definition) is 8. The Morgan fingerprint density at radius 2 is 1.83 bits per heavy atom. The van der Waals surface area contributed by atoms with Crippen molar-refractivity contribution in [2.75, 3.05) is 43.1 Å². The topological polar surface area (TPSA) is 87.7 Å². The van der Waals surface area contributed by atoms with Crippen LogP contribution in [-0.4, -0.2) is 56.0 Å². The monoisotopic (exact) mass is 394 g/mol. The van der Waals surface area contributed by atoms with Gasteiger partial charge in [-0.25, -0.2) is 4.99 Å². The fourth-order valence-corrected chi connectivity index (χ4v) is 3.37. The zero-order valence-electron chi connectivity index (χ0n) is 16.5. The summed E-state index contributed by atoms with van der Waals surface area (Å²) in [4.78, 5) is 13.4. The van der Waals surface area contributed by atoms with Gasteiger partial charge in [-0.05, 0) is 43.3 Å². The van der Waals surface area contributed by atoms with E-state index in [1.807, 2.05) is 61.5 Å². The first kappa shape index (κ1) is 19.1. The molecule has 152 valence electrons. The van der Waals surface area contributed by atoms with Gasteiger partial charge in [0.15, 0.2) is 0 Å². The molecule has 29 heavy (non-hydrogen) atoms. The highest BCUT2D eigenvalue weighted by molar-refractivity contribution is 6.05. The molecule has 1 unspecified atom stereocenters. The van der Waals surface area contributed by atoms with Crippen molar-refractivity contribution in [2.24, 2.45) is 15.7 Å². The predicted molar refractivity (Wildman–Crippen MR) is 115 cm³/mol. The summed E-state index contributed by atoms with van der Waals surface area (Å²) in [6, 6.07) is 17.9. The number of nitrogens with zero attached hydrogens (tertiary/aromatic N) is 4. The van der Waals surface area contributed by atoms with Crippen LogP contribution in [0.25, 0.3) is 0 Å². The Morgan fingerprint density at radius 1 is 1.10 bits per heavy atom. The van der Waals surface area contributed by atoms with Crippen LogP contribution >= 0.6 is 0 Å². The maximum atomic E-state index is 6.10. The fraction of sp³-hybridized carbons (Fsp3) is 0.333. The Kier molecular flexibility index (Phi) is 5.81. The summed E-state index contributed by atoms with van der Waals surface area (Å²) in [5.74, 6) is 1.86. The van der Waals surface area contributed by atoms with E-state index in [1.165, 1.54) is 0 Å². The van der Waals surface area contributed by atoms with Crippen LogP contribution in [0.4, 0.5) is 11.4 Å². The maximum absolute atomic E-state index is 6.10. The molecule has 0 radical (unpaired) electrons. The van der Waals surface area contributed by atoms with Crippen LogP contribution in [0.5, 0.6) is 5.75 Å². The van der Waals surface area contributed by atoms with E-state index in [4.69, 9.17) is 15.2 Å². The molecule has 2 heterocycles. The van der Waals surface area contributed by atoms with Crippen LogP contribution in [0.15, 0.2) is 64.6 Å².